The highest BCUT2D eigenvalue weighted by molar-refractivity contribution is 8.01. The van der Waals surface area contributed by atoms with E-state index in [1.54, 1.807) is 40.1 Å². The van der Waals surface area contributed by atoms with Crippen LogP contribution >= 0.6 is 23.1 Å². The van der Waals surface area contributed by atoms with Crippen molar-refractivity contribution in [3.8, 4) is 17.0 Å². The molecule has 0 saturated carbocycles. The number of thiophene rings is 1. The Labute approximate surface area is 190 Å². The molecular weight excluding hydrogens is 461 g/mol. The summed E-state index contributed by atoms with van der Waals surface area (Å²) < 4.78 is 42.2. The molecule has 1 saturated heterocycles. The maximum atomic E-state index is 13.2. The molecule has 11 heteroatoms. The van der Waals surface area contributed by atoms with Crippen molar-refractivity contribution in [2.24, 2.45) is 0 Å². The summed E-state index contributed by atoms with van der Waals surface area (Å²) >= 11 is 3.49. The van der Waals surface area contributed by atoms with Crippen LogP contribution in [0.2, 0.25) is 0 Å². The van der Waals surface area contributed by atoms with E-state index in [0.717, 1.165) is 34.7 Å². The van der Waals surface area contributed by atoms with E-state index in [2.05, 4.69) is 21.0 Å². The van der Waals surface area contributed by atoms with Crippen LogP contribution < -0.4 is 9.64 Å². The highest BCUT2D eigenvalue weighted by atomic mass is 32.2. The van der Waals surface area contributed by atoms with Gasteiger partial charge in [0.25, 0.3) is 5.91 Å². The maximum Gasteiger partial charge on any atom is 0.573 e. The van der Waals surface area contributed by atoms with E-state index in [4.69, 9.17) is 0 Å². The number of nitrogens with zero attached hydrogens (tertiary/aromatic N) is 3. The molecule has 2 aliphatic rings. The summed E-state index contributed by atoms with van der Waals surface area (Å²) in [6, 6.07) is 7.86. The Balaban J connectivity index is 1.25. The van der Waals surface area contributed by atoms with Gasteiger partial charge in [-0.15, -0.1) is 36.3 Å². The number of benzene rings is 1. The monoisotopic (exact) mass is 480 g/mol. The van der Waals surface area contributed by atoms with E-state index in [1.165, 1.54) is 16.3 Å². The van der Waals surface area contributed by atoms with E-state index in [0.29, 0.717) is 31.9 Å². The van der Waals surface area contributed by atoms with Gasteiger partial charge in [-0.1, -0.05) is 0 Å². The molecule has 1 N–H and O–H groups in total. The Morgan fingerprint density at radius 3 is 2.56 bits per heavy atom. The van der Waals surface area contributed by atoms with Crippen LogP contribution in [-0.2, 0) is 6.42 Å². The van der Waals surface area contributed by atoms with E-state index in [1.807, 2.05) is 10.3 Å². The molecule has 0 spiro atoms. The van der Waals surface area contributed by atoms with Gasteiger partial charge in [0.2, 0.25) is 0 Å². The summed E-state index contributed by atoms with van der Waals surface area (Å²) in [6.45, 7) is 2.22. The predicted molar refractivity (Wildman–Crippen MR) is 118 cm³/mol. The smallest absolute Gasteiger partial charge is 0.406 e. The van der Waals surface area contributed by atoms with Crippen molar-refractivity contribution in [3.05, 3.63) is 47.0 Å². The number of thioether (sulfide) groups is 1. The molecule has 32 heavy (non-hydrogen) atoms. The zero-order chi connectivity index (χ0) is 22.3. The Bertz CT molecular complexity index is 1120. The van der Waals surface area contributed by atoms with E-state index >= 15 is 0 Å². The number of halogens is 3. The third kappa shape index (κ3) is 4.18. The number of ether oxygens (including phenoxy) is 1. The summed E-state index contributed by atoms with van der Waals surface area (Å²) in [5.41, 5.74) is 4.29. The van der Waals surface area contributed by atoms with Crippen LogP contribution in [0.15, 0.2) is 39.9 Å². The van der Waals surface area contributed by atoms with Crippen molar-refractivity contribution in [2.75, 3.05) is 36.8 Å². The number of anilines is 1. The van der Waals surface area contributed by atoms with E-state index in [9.17, 15) is 18.0 Å². The number of alkyl halides is 3. The average Bonchev–Trinajstić information content (AvgIpc) is 3.36. The third-order valence-corrected chi connectivity index (χ3v) is 7.79. The second kappa shape index (κ2) is 8.36. The normalized spacial score (nSPS) is 16.3. The molecular formula is C21H19F3N4O2S2. The topological polar surface area (TPSA) is 61.5 Å². The minimum absolute atomic E-state index is 0.0593. The zero-order valence-electron chi connectivity index (χ0n) is 16.8. The summed E-state index contributed by atoms with van der Waals surface area (Å²) in [5.74, 6) is 0.597. The molecule has 0 atom stereocenters. The first-order valence-corrected chi connectivity index (χ1v) is 11.9. The van der Waals surface area contributed by atoms with Crippen LogP contribution in [0.25, 0.3) is 11.3 Å². The fourth-order valence-electron chi connectivity index (χ4n) is 4.02. The molecule has 0 unspecified atom stereocenters. The molecule has 1 fully saturated rings. The number of rotatable bonds is 3. The van der Waals surface area contributed by atoms with Crippen LogP contribution in [0.4, 0.5) is 18.9 Å². The average molecular weight is 481 g/mol. The number of amides is 1. The van der Waals surface area contributed by atoms with Crippen molar-refractivity contribution >= 4 is 34.7 Å². The lowest BCUT2D eigenvalue weighted by atomic mass is 10.1. The molecule has 3 aromatic rings. The number of aromatic amines is 1. The zero-order valence-corrected chi connectivity index (χ0v) is 18.4. The minimum atomic E-state index is -4.71. The number of hydrogen-bond donors (Lipinski definition) is 1. The van der Waals surface area contributed by atoms with Crippen LogP contribution in [0.3, 0.4) is 0 Å². The number of H-pyrrole nitrogens is 1. The number of carbonyl (C=O) groups is 1. The van der Waals surface area contributed by atoms with Gasteiger partial charge in [-0.2, -0.15) is 5.10 Å². The Hall–Kier alpha value is -2.66. The first kappa shape index (κ1) is 21.2. The van der Waals surface area contributed by atoms with Crippen molar-refractivity contribution in [1.29, 1.82) is 0 Å². The SMILES string of the molecule is O=C(c1[nH]nc2c1CCSc1sccc1-2)N1CCN(c2ccc(OC(F)(F)F)cc2)CC1. The highest BCUT2D eigenvalue weighted by Crippen LogP contribution is 2.41. The number of fused-ring (bicyclic) bond motifs is 3. The summed E-state index contributed by atoms with van der Waals surface area (Å²) in [5, 5.41) is 9.48. The molecule has 0 bridgehead atoms. The summed E-state index contributed by atoms with van der Waals surface area (Å²) in [7, 11) is 0. The molecule has 4 heterocycles. The van der Waals surface area contributed by atoms with Gasteiger partial charge in [-0.3, -0.25) is 9.89 Å². The standard InChI is InChI=1S/C21H19F3N4O2S2/c22-21(23,24)30-14-3-1-13(2-4-14)27-7-9-28(10-8-27)19(29)18-15-5-11-31-20-16(6-12-32-20)17(15)25-26-18/h1-4,6,12H,5,7-11H2,(H,25,26). The van der Waals surface area contributed by atoms with Gasteiger partial charge >= 0.3 is 6.36 Å². The molecule has 168 valence electrons. The lowest BCUT2D eigenvalue weighted by Gasteiger charge is -2.36. The fraction of sp³-hybridized carbons (Fsp3) is 0.333. The van der Waals surface area contributed by atoms with Crippen LogP contribution in [0, 0.1) is 0 Å². The van der Waals surface area contributed by atoms with Gasteiger partial charge in [0, 0.05) is 48.7 Å². The molecule has 5 rings (SSSR count). The number of aromatic nitrogens is 2. The Morgan fingerprint density at radius 2 is 1.84 bits per heavy atom. The number of carbonyl (C=O) groups excluding carboxylic acids is 1. The molecule has 1 aromatic carbocycles. The van der Waals surface area contributed by atoms with Gasteiger partial charge in [0.1, 0.15) is 11.4 Å². The van der Waals surface area contributed by atoms with Gasteiger partial charge in [0.05, 0.1) is 9.90 Å². The van der Waals surface area contributed by atoms with Crippen molar-refractivity contribution in [3.63, 3.8) is 0 Å². The van der Waals surface area contributed by atoms with E-state index in [-0.39, 0.29) is 11.7 Å². The summed E-state index contributed by atoms with van der Waals surface area (Å²) in [4.78, 5) is 17.1. The highest BCUT2D eigenvalue weighted by Gasteiger charge is 2.32. The van der Waals surface area contributed by atoms with Crippen molar-refractivity contribution in [1.82, 2.24) is 15.1 Å². The van der Waals surface area contributed by atoms with Crippen LogP contribution in [-0.4, -0.2) is 59.3 Å². The molecule has 0 aliphatic carbocycles. The summed E-state index contributed by atoms with van der Waals surface area (Å²) in [6.07, 6.45) is -3.92. The lowest BCUT2D eigenvalue weighted by molar-refractivity contribution is -0.274. The molecule has 2 aliphatic heterocycles. The quantitative estimate of drug-likeness (QED) is 0.592. The first-order valence-electron chi connectivity index (χ1n) is 10.1. The first-order chi connectivity index (χ1) is 15.4. The second-order valence-corrected chi connectivity index (χ2v) is 9.75. The largest absolute Gasteiger partial charge is 0.573 e. The lowest BCUT2D eigenvalue weighted by Crippen LogP contribution is -2.49. The van der Waals surface area contributed by atoms with Gasteiger partial charge in [-0.05, 0) is 42.1 Å². The molecule has 1 amide bonds. The number of hydrogen-bond acceptors (Lipinski definition) is 6. The number of piperazine rings is 1. The Morgan fingerprint density at radius 1 is 1.09 bits per heavy atom. The van der Waals surface area contributed by atoms with Crippen molar-refractivity contribution < 1.29 is 22.7 Å². The van der Waals surface area contributed by atoms with Crippen LogP contribution in [0.1, 0.15) is 16.1 Å². The minimum Gasteiger partial charge on any atom is -0.406 e. The van der Waals surface area contributed by atoms with E-state index < -0.39 is 6.36 Å². The predicted octanol–water partition coefficient (Wildman–Crippen LogP) is 4.65. The maximum absolute atomic E-state index is 13.2. The van der Waals surface area contributed by atoms with Crippen molar-refractivity contribution in [2.45, 2.75) is 17.0 Å². The van der Waals surface area contributed by atoms with Gasteiger partial charge in [-0.25, -0.2) is 0 Å². The molecule has 2 aromatic heterocycles. The van der Waals surface area contributed by atoms with Gasteiger partial charge in [0.15, 0.2) is 0 Å². The molecule has 6 nitrogen and oxygen atoms in total. The van der Waals surface area contributed by atoms with Gasteiger partial charge < -0.3 is 14.5 Å². The van der Waals surface area contributed by atoms with Crippen LogP contribution in [0.5, 0.6) is 5.75 Å². The molecule has 0 radical (unpaired) electrons. The fourth-order valence-corrected chi connectivity index (χ4v) is 6.14. The Kier molecular flexibility index (Phi) is 5.54. The number of nitrogens with one attached hydrogen (secondary N) is 1. The second-order valence-electron chi connectivity index (χ2n) is 7.47. The third-order valence-electron chi connectivity index (χ3n) is 5.55.